The fraction of sp³-hybridized carbons (Fsp3) is 0.913. The minimum atomic E-state index is 0.385. The lowest BCUT2D eigenvalue weighted by Crippen LogP contribution is -2.28. The van der Waals surface area contributed by atoms with Crippen molar-refractivity contribution in [2.75, 3.05) is 0 Å². The Hall–Kier alpha value is 0.170. The van der Waals surface area contributed by atoms with Crippen molar-refractivity contribution in [2.45, 2.75) is 134 Å². The fourth-order valence-corrected chi connectivity index (χ4v) is 9.71. The smallest absolute Gasteiger partial charge is 0.0204 e. The first-order valence-corrected chi connectivity index (χ1v) is 12.6. The summed E-state index contributed by atoms with van der Waals surface area (Å²) in [6.07, 6.45) is 25.7. The van der Waals surface area contributed by atoms with Crippen LogP contribution in [-0.2, 0) is 0 Å². The first kappa shape index (κ1) is 20.5. The fourth-order valence-electron chi connectivity index (χ4n) is 5.03. The van der Waals surface area contributed by atoms with Gasteiger partial charge in [0.25, 0.3) is 0 Å². The van der Waals surface area contributed by atoms with E-state index in [4.69, 9.17) is 0 Å². The van der Waals surface area contributed by atoms with Crippen molar-refractivity contribution in [3.63, 3.8) is 0 Å². The quantitative estimate of drug-likeness (QED) is 0.354. The third kappa shape index (κ3) is 6.82. The molecule has 140 valence electrons. The Labute approximate surface area is 154 Å². The Morgan fingerprint density at radius 1 is 0.583 bits per heavy atom. The second-order valence-electron chi connectivity index (χ2n) is 8.69. The molecule has 0 aromatic carbocycles. The molecular formula is C23H43P. The van der Waals surface area contributed by atoms with E-state index < -0.39 is 0 Å². The molecule has 0 amide bonds. The van der Waals surface area contributed by atoms with E-state index in [1.165, 1.54) is 41.8 Å². The maximum Gasteiger partial charge on any atom is -0.0204 e. The summed E-state index contributed by atoms with van der Waals surface area (Å²) >= 11 is 0. The van der Waals surface area contributed by atoms with Crippen LogP contribution in [0.2, 0.25) is 0 Å². The Morgan fingerprint density at radius 2 is 0.833 bits per heavy atom. The molecule has 0 aromatic rings. The van der Waals surface area contributed by atoms with Gasteiger partial charge in [-0.1, -0.05) is 77.4 Å². The van der Waals surface area contributed by atoms with Crippen LogP contribution < -0.4 is 0 Å². The zero-order chi connectivity index (χ0) is 17.2. The van der Waals surface area contributed by atoms with Crippen LogP contribution in [0.25, 0.3) is 0 Å². The van der Waals surface area contributed by atoms with Crippen molar-refractivity contribution in [2.24, 2.45) is 0 Å². The van der Waals surface area contributed by atoms with E-state index in [0.717, 1.165) is 0 Å². The lowest BCUT2D eigenvalue weighted by Gasteiger charge is -2.44. The highest BCUT2D eigenvalue weighted by Gasteiger charge is 2.36. The summed E-state index contributed by atoms with van der Waals surface area (Å²) in [5, 5.41) is 0. The molecule has 0 unspecified atom stereocenters. The predicted octanol–water partition coefficient (Wildman–Crippen LogP) is 8.44. The van der Waals surface area contributed by atoms with Crippen LogP contribution in [0.15, 0.2) is 11.6 Å². The molecule has 0 spiro atoms. The number of hydrogen-bond acceptors (Lipinski definition) is 0. The number of hydrogen-bond donors (Lipinski definition) is 0. The summed E-state index contributed by atoms with van der Waals surface area (Å²) in [5.41, 5.74) is 4.95. The van der Waals surface area contributed by atoms with Gasteiger partial charge in [0.15, 0.2) is 0 Å². The van der Waals surface area contributed by atoms with Gasteiger partial charge in [0, 0.05) is 0 Å². The lowest BCUT2D eigenvalue weighted by molar-refractivity contribution is 0.460. The third-order valence-electron chi connectivity index (χ3n) is 6.57. The average molecular weight is 351 g/mol. The molecule has 0 nitrogen and oxygen atoms in total. The van der Waals surface area contributed by atoms with Gasteiger partial charge in [0.05, 0.1) is 0 Å². The van der Waals surface area contributed by atoms with Crippen LogP contribution in [0.1, 0.15) is 117 Å². The van der Waals surface area contributed by atoms with Gasteiger partial charge in [-0.15, -0.1) is 0 Å². The van der Waals surface area contributed by atoms with Crippen molar-refractivity contribution in [3.05, 3.63) is 11.6 Å². The largest absolute Gasteiger partial charge is 0.0971 e. The van der Waals surface area contributed by atoms with Gasteiger partial charge in [-0.25, -0.2) is 0 Å². The molecule has 0 saturated heterocycles. The van der Waals surface area contributed by atoms with E-state index in [1.807, 2.05) is 6.92 Å². The molecular weight excluding hydrogens is 307 g/mol. The summed E-state index contributed by atoms with van der Waals surface area (Å²) in [4.78, 5) is 0. The normalized spacial score (nSPS) is 24.3. The van der Waals surface area contributed by atoms with Gasteiger partial charge in [-0.05, 0) is 76.3 Å². The van der Waals surface area contributed by atoms with Crippen LogP contribution in [-0.4, -0.2) is 17.0 Å². The molecule has 3 saturated carbocycles. The first-order chi connectivity index (χ1) is 11.7. The zero-order valence-corrected chi connectivity index (χ0v) is 17.8. The molecule has 1 heteroatoms. The van der Waals surface area contributed by atoms with E-state index in [9.17, 15) is 0 Å². The van der Waals surface area contributed by atoms with Gasteiger partial charge in [-0.2, -0.15) is 0 Å². The zero-order valence-electron chi connectivity index (χ0n) is 16.9. The summed E-state index contributed by atoms with van der Waals surface area (Å²) in [7, 11) is 0.385. The minimum absolute atomic E-state index is 0.385. The highest BCUT2D eigenvalue weighted by molar-refractivity contribution is 7.60. The maximum absolute atomic E-state index is 2.08. The minimum Gasteiger partial charge on any atom is -0.0971 e. The third-order valence-corrected chi connectivity index (χ3v) is 10.6. The Kier molecular flexibility index (Phi) is 10.0. The van der Waals surface area contributed by atoms with Crippen LogP contribution in [0.5, 0.6) is 0 Å². The Bertz CT molecular complexity index is 294. The topological polar surface area (TPSA) is 0 Å². The van der Waals surface area contributed by atoms with E-state index in [1.54, 1.807) is 77.0 Å². The maximum atomic E-state index is 2.08. The second-order valence-corrected chi connectivity index (χ2v) is 11.8. The first-order valence-electron chi connectivity index (χ1n) is 11.1. The predicted molar refractivity (Wildman–Crippen MR) is 113 cm³/mol. The van der Waals surface area contributed by atoms with E-state index in [-0.39, 0.29) is 0 Å². The Balaban J connectivity index is 0.000000368. The van der Waals surface area contributed by atoms with Gasteiger partial charge in [0.1, 0.15) is 0 Å². The van der Waals surface area contributed by atoms with Crippen molar-refractivity contribution in [3.8, 4) is 0 Å². The molecule has 3 rings (SSSR count). The molecule has 3 aliphatic rings. The summed E-state index contributed by atoms with van der Waals surface area (Å²) < 4.78 is 0. The monoisotopic (exact) mass is 350 g/mol. The SMILES string of the molecule is C1CCC(P(C2CCCCC2)C2CCCCC2)CC1.CC=C(C)C. The van der Waals surface area contributed by atoms with Crippen LogP contribution in [0.3, 0.4) is 0 Å². The van der Waals surface area contributed by atoms with Gasteiger partial charge < -0.3 is 0 Å². The number of allylic oxidation sites excluding steroid dienone is 2. The second kappa shape index (κ2) is 11.7. The summed E-state index contributed by atoms with van der Waals surface area (Å²) in [5.74, 6) is 0. The Morgan fingerprint density at radius 3 is 1.04 bits per heavy atom. The molecule has 0 bridgehead atoms. The summed E-state index contributed by atoms with van der Waals surface area (Å²) in [6.45, 7) is 6.20. The standard InChI is InChI=1S/C18H33P.C5H10/c1-4-10-16(11-5-1)19(17-12-6-2-7-13-17)18-14-8-3-9-15-18;1-4-5(2)3/h16-18H,1-15H2;4H,1-3H3. The summed E-state index contributed by atoms with van der Waals surface area (Å²) in [6, 6.07) is 0. The molecule has 0 N–H and O–H groups in total. The lowest BCUT2D eigenvalue weighted by atomic mass is 9.99. The molecule has 3 aliphatic carbocycles. The molecule has 3 fully saturated rings. The highest BCUT2D eigenvalue weighted by atomic mass is 31.1. The van der Waals surface area contributed by atoms with Crippen LogP contribution in [0, 0.1) is 0 Å². The van der Waals surface area contributed by atoms with E-state index >= 15 is 0 Å². The molecule has 0 aromatic heterocycles. The van der Waals surface area contributed by atoms with Crippen LogP contribution >= 0.6 is 7.92 Å². The van der Waals surface area contributed by atoms with Gasteiger partial charge >= 0.3 is 0 Å². The highest BCUT2D eigenvalue weighted by Crippen LogP contribution is 2.61. The van der Waals surface area contributed by atoms with Crippen molar-refractivity contribution >= 4 is 7.92 Å². The molecule has 0 atom stereocenters. The average Bonchev–Trinajstić information content (AvgIpc) is 2.65. The van der Waals surface area contributed by atoms with Gasteiger partial charge in [0.2, 0.25) is 0 Å². The van der Waals surface area contributed by atoms with Crippen molar-refractivity contribution in [1.29, 1.82) is 0 Å². The van der Waals surface area contributed by atoms with Gasteiger partial charge in [-0.3, -0.25) is 0 Å². The number of rotatable bonds is 3. The molecule has 0 heterocycles. The van der Waals surface area contributed by atoms with Crippen LogP contribution in [0.4, 0.5) is 0 Å². The van der Waals surface area contributed by atoms with E-state index in [2.05, 4.69) is 19.9 Å². The van der Waals surface area contributed by atoms with Crippen molar-refractivity contribution in [1.82, 2.24) is 0 Å². The molecule has 24 heavy (non-hydrogen) atoms. The molecule has 0 radical (unpaired) electrons. The van der Waals surface area contributed by atoms with Crippen molar-refractivity contribution < 1.29 is 0 Å². The molecule has 0 aliphatic heterocycles. The van der Waals surface area contributed by atoms with E-state index in [0.29, 0.717) is 7.92 Å².